The fourth-order valence-corrected chi connectivity index (χ4v) is 2.18. The fourth-order valence-electron chi connectivity index (χ4n) is 2.18. The lowest BCUT2D eigenvalue weighted by Crippen LogP contribution is -2.17. The molecule has 20 heavy (non-hydrogen) atoms. The Morgan fingerprint density at radius 3 is 2.45 bits per heavy atom. The van der Waals surface area contributed by atoms with Gasteiger partial charge in [0.2, 0.25) is 0 Å². The van der Waals surface area contributed by atoms with E-state index < -0.39 is 0 Å². The molecular formula is C18H23NO. The van der Waals surface area contributed by atoms with Crippen LogP contribution in [0.3, 0.4) is 0 Å². The second-order valence-corrected chi connectivity index (χ2v) is 5.20. The van der Waals surface area contributed by atoms with Crippen molar-refractivity contribution in [2.45, 2.75) is 33.7 Å². The van der Waals surface area contributed by atoms with Gasteiger partial charge in [0, 0.05) is 6.04 Å². The largest absolute Gasteiger partial charge is 0.457 e. The second-order valence-electron chi connectivity index (χ2n) is 5.20. The normalized spacial score (nSPS) is 12.2. The standard InChI is InChI=1S/C18H23NO/c1-5-19-15(4)16-7-6-8-17(12-16)20-18-10-9-13(2)14(3)11-18/h6-12,15,19H,5H2,1-4H3. The lowest BCUT2D eigenvalue weighted by atomic mass is 10.1. The minimum Gasteiger partial charge on any atom is -0.457 e. The van der Waals surface area contributed by atoms with Gasteiger partial charge in [-0.1, -0.05) is 25.1 Å². The van der Waals surface area contributed by atoms with Crippen molar-refractivity contribution in [3.8, 4) is 11.5 Å². The topological polar surface area (TPSA) is 21.3 Å². The molecule has 0 radical (unpaired) electrons. The Morgan fingerprint density at radius 2 is 1.75 bits per heavy atom. The number of hydrogen-bond acceptors (Lipinski definition) is 2. The maximum Gasteiger partial charge on any atom is 0.127 e. The third-order valence-electron chi connectivity index (χ3n) is 3.58. The molecule has 0 aliphatic carbocycles. The van der Waals surface area contributed by atoms with Crippen molar-refractivity contribution in [2.75, 3.05) is 6.54 Å². The minimum atomic E-state index is 0.336. The van der Waals surface area contributed by atoms with Gasteiger partial charge in [-0.3, -0.25) is 0 Å². The van der Waals surface area contributed by atoms with Crippen molar-refractivity contribution >= 4 is 0 Å². The predicted molar refractivity (Wildman–Crippen MR) is 84.5 cm³/mol. The van der Waals surface area contributed by atoms with E-state index in [1.165, 1.54) is 16.7 Å². The van der Waals surface area contributed by atoms with Gasteiger partial charge in [-0.15, -0.1) is 0 Å². The summed E-state index contributed by atoms with van der Waals surface area (Å²) in [5.74, 6) is 1.77. The van der Waals surface area contributed by atoms with Crippen molar-refractivity contribution in [1.82, 2.24) is 5.32 Å². The third-order valence-corrected chi connectivity index (χ3v) is 3.58. The van der Waals surface area contributed by atoms with Gasteiger partial charge in [0.15, 0.2) is 0 Å². The Hall–Kier alpha value is -1.80. The molecule has 0 aliphatic rings. The number of nitrogens with one attached hydrogen (secondary N) is 1. The first-order chi connectivity index (χ1) is 9.60. The molecule has 0 aliphatic heterocycles. The van der Waals surface area contributed by atoms with Gasteiger partial charge in [-0.05, 0) is 68.3 Å². The van der Waals surface area contributed by atoms with Crippen molar-refractivity contribution in [3.63, 3.8) is 0 Å². The van der Waals surface area contributed by atoms with E-state index in [4.69, 9.17) is 4.74 Å². The molecule has 2 heteroatoms. The van der Waals surface area contributed by atoms with Crippen molar-refractivity contribution < 1.29 is 4.74 Å². The number of hydrogen-bond donors (Lipinski definition) is 1. The Morgan fingerprint density at radius 1 is 1.00 bits per heavy atom. The average Bonchev–Trinajstić information content (AvgIpc) is 2.43. The summed E-state index contributed by atoms with van der Waals surface area (Å²) < 4.78 is 5.96. The zero-order chi connectivity index (χ0) is 14.5. The first-order valence-electron chi connectivity index (χ1n) is 7.18. The van der Waals surface area contributed by atoms with E-state index in [-0.39, 0.29) is 0 Å². The molecule has 0 saturated carbocycles. The summed E-state index contributed by atoms with van der Waals surface area (Å²) in [5.41, 5.74) is 3.78. The van der Waals surface area contributed by atoms with Crippen LogP contribution in [0.15, 0.2) is 42.5 Å². The summed E-state index contributed by atoms with van der Waals surface area (Å²) in [7, 11) is 0. The van der Waals surface area contributed by atoms with Gasteiger partial charge < -0.3 is 10.1 Å². The highest BCUT2D eigenvalue weighted by atomic mass is 16.5. The highest BCUT2D eigenvalue weighted by Crippen LogP contribution is 2.26. The molecule has 0 heterocycles. The van der Waals surface area contributed by atoms with E-state index in [1.54, 1.807) is 0 Å². The molecule has 0 fully saturated rings. The van der Waals surface area contributed by atoms with E-state index in [1.807, 2.05) is 18.2 Å². The van der Waals surface area contributed by atoms with Crippen LogP contribution in [0.4, 0.5) is 0 Å². The van der Waals surface area contributed by atoms with Gasteiger partial charge in [-0.25, -0.2) is 0 Å². The smallest absolute Gasteiger partial charge is 0.127 e. The first kappa shape index (κ1) is 14.6. The SMILES string of the molecule is CCNC(C)c1cccc(Oc2ccc(C)c(C)c2)c1. The number of rotatable bonds is 5. The molecule has 1 N–H and O–H groups in total. The first-order valence-corrected chi connectivity index (χ1v) is 7.18. The molecule has 2 rings (SSSR count). The highest BCUT2D eigenvalue weighted by Gasteiger charge is 2.05. The van der Waals surface area contributed by atoms with Crippen LogP contribution in [-0.2, 0) is 0 Å². The minimum absolute atomic E-state index is 0.336. The maximum absolute atomic E-state index is 5.96. The van der Waals surface area contributed by atoms with Crippen LogP contribution >= 0.6 is 0 Å². The van der Waals surface area contributed by atoms with E-state index in [9.17, 15) is 0 Å². The molecule has 106 valence electrons. The molecule has 1 unspecified atom stereocenters. The quantitative estimate of drug-likeness (QED) is 0.844. The molecule has 1 atom stereocenters. The zero-order valence-electron chi connectivity index (χ0n) is 12.7. The van der Waals surface area contributed by atoms with Crippen LogP contribution in [0.2, 0.25) is 0 Å². The van der Waals surface area contributed by atoms with Crippen LogP contribution in [0.5, 0.6) is 11.5 Å². The zero-order valence-corrected chi connectivity index (χ0v) is 12.7. The summed E-state index contributed by atoms with van der Waals surface area (Å²) in [4.78, 5) is 0. The van der Waals surface area contributed by atoms with Crippen LogP contribution in [-0.4, -0.2) is 6.54 Å². The average molecular weight is 269 g/mol. The monoisotopic (exact) mass is 269 g/mol. The fraction of sp³-hybridized carbons (Fsp3) is 0.333. The Balaban J connectivity index is 2.16. The Bertz CT molecular complexity index is 577. The summed E-state index contributed by atoms with van der Waals surface area (Å²) in [6.45, 7) is 9.46. The van der Waals surface area contributed by atoms with Crippen LogP contribution in [0, 0.1) is 13.8 Å². The van der Waals surface area contributed by atoms with Crippen molar-refractivity contribution in [3.05, 3.63) is 59.2 Å². The van der Waals surface area contributed by atoms with Gasteiger partial charge in [0.25, 0.3) is 0 Å². The summed E-state index contributed by atoms with van der Waals surface area (Å²) in [5, 5.41) is 3.41. The summed E-state index contributed by atoms with van der Waals surface area (Å²) >= 11 is 0. The summed E-state index contributed by atoms with van der Waals surface area (Å²) in [6.07, 6.45) is 0. The van der Waals surface area contributed by atoms with Gasteiger partial charge in [0.05, 0.1) is 0 Å². The Kier molecular flexibility index (Phi) is 4.80. The lowest BCUT2D eigenvalue weighted by Gasteiger charge is -2.14. The molecule has 2 nitrogen and oxygen atoms in total. The van der Waals surface area contributed by atoms with E-state index >= 15 is 0 Å². The predicted octanol–water partition coefficient (Wildman–Crippen LogP) is 4.77. The maximum atomic E-state index is 5.96. The lowest BCUT2D eigenvalue weighted by molar-refractivity contribution is 0.479. The van der Waals surface area contributed by atoms with Crippen LogP contribution < -0.4 is 10.1 Å². The molecule has 0 bridgehead atoms. The highest BCUT2D eigenvalue weighted by molar-refractivity contribution is 5.38. The molecular weight excluding hydrogens is 246 g/mol. The van der Waals surface area contributed by atoms with E-state index in [0.29, 0.717) is 6.04 Å². The van der Waals surface area contributed by atoms with Crippen molar-refractivity contribution in [2.24, 2.45) is 0 Å². The number of ether oxygens (including phenoxy) is 1. The number of aryl methyl sites for hydroxylation is 2. The van der Waals surface area contributed by atoms with Gasteiger partial charge in [0.1, 0.15) is 11.5 Å². The molecule has 0 spiro atoms. The summed E-state index contributed by atoms with van der Waals surface area (Å²) in [6, 6.07) is 14.8. The molecule has 2 aromatic rings. The van der Waals surface area contributed by atoms with Crippen molar-refractivity contribution in [1.29, 1.82) is 0 Å². The van der Waals surface area contributed by atoms with Crippen LogP contribution in [0.1, 0.15) is 36.6 Å². The van der Waals surface area contributed by atoms with E-state index in [2.05, 4.69) is 57.3 Å². The molecule has 0 aromatic heterocycles. The van der Waals surface area contributed by atoms with Gasteiger partial charge >= 0.3 is 0 Å². The van der Waals surface area contributed by atoms with Crippen LogP contribution in [0.25, 0.3) is 0 Å². The molecule has 2 aromatic carbocycles. The molecule has 0 saturated heterocycles. The molecule has 0 amide bonds. The second kappa shape index (κ2) is 6.58. The van der Waals surface area contributed by atoms with Gasteiger partial charge in [-0.2, -0.15) is 0 Å². The Labute approximate surface area is 121 Å². The number of benzene rings is 2. The van der Waals surface area contributed by atoms with E-state index in [0.717, 1.165) is 18.0 Å². The third kappa shape index (κ3) is 3.61.